The third-order valence-electron chi connectivity index (χ3n) is 3.39. The van der Waals surface area contributed by atoms with Crippen LogP contribution < -0.4 is 0 Å². The maximum absolute atomic E-state index is 13.5. The number of halogens is 1. The number of likely N-dealkylation sites (tertiary alicyclic amines) is 1. The molecule has 0 aliphatic carbocycles. The zero-order chi connectivity index (χ0) is 13.8. The predicted molar refractivity (Wildman–Crippen MR) is 66.7 cm³/mol. The molecule has 1 aliphatic heterocycles. The Hall–Kier alpha value is -2.00. The van der Waals surface area contributed by atoms with E-state index in [0.29, 0.717) is 6.54 Å². The minimum absolute atomic E-state index is 0.116. The number of nitro groups is 1. The van der Waals surface area contributed by atoms with Crippen LogP contribution in [0.2, 0.25) is 0 Å². The predicted octanol–water partition coefficient (Wildman–Crippen LogP) is 2.47. The molecule has 0 spiro atoms. The molecule has 2 rings (SSSR count). The van der Waals surface area contributed by atoms with Crippen molar-refractivity contribution in [3.05, 3.63) is 39.7 Å². The maximum atomic E-state index is 13.5. The minimum Gasteiger partial charge on any atom is -0.299 e. The summed E-state index contributed by atoms with van der Waals surface area (Å²) >= 11 is 0. The average Bonchev–Trinajstić information content (AvgIpc) is 2.39. The van der Waals surface area contributed by atoms with Crippen LogP contribution in [0.1, 0.15) is 18.4 Å². The summed E-state index contributed by atoms with van der Waals surface area (Å²) in [6.07, 6.45) is 1.65. The Bertz CT molecular complexity index is 519. The third-order valence-corrected chi connectivity index (χ3v) is 3.39. The standard InChI is InChI=1S/C13H14FN3O2/c14-12-7-11(1-2-13(12)17(18)19)9-16-5-3-10(8-15)4-6-16/h1-2,7,10H,3-6,9H2. The molecule has 0 amide bonds. The van der Waals surface area contributed by atoms with Crippen molar-refractivity contribution in [1.29, 1.82) is 5.26 Å². The van der Waals surface area contributed by atoms with Crippen molar-refractivity contribution in [3.63, 3.8) is 0 Å². The van der Waals surface area contributed by atoms with Gasteiger partial charge in [0.15, 0.2) is 0 Å². The summed E-state index contributed by atoms with van der Waals surface area (Å²) < 4.78 is 13.5. The zero-order valence-electron chi connectivity index (χ0n) is 10.4. The summed E-state index contributed by atoms with van der Waals surface area (Å²) in [5.41, 5.74) is 0.227. The Kier molecular flexibility index (Phi) is 4.07. The van der Waals surface area contributed by atoms with Gasteiger partial charge in [0.1, 0.15) is 0 Å². The highest BCUT2D eigenvalue weighted by atomic mass is 19.1. The van der Waals surface area contributed by atoms with Gasteiger partial charge < -0.3 is 0 Å². The fourth-order valence-electron chi connectivity index (χ4n) is 2.28. The van der Waals surface area contributed by atoms with Crippen LogP contribution in [0.3, 0.4) is 0 Å². The van der Waals surface area contributed by atoms with Crippen molar-refractivity contribution in [1.82, 2.24) is 4.90 Å². The Morgan fingerprint density at radius 2 is 2.16 bits per heavy atom. The number of piperidine rings is 1. The van der Waals surface area contributed by atoms with Crippen molar-refractivity contribution in [3.8, 4) is 6.07 Å². The maximum Gasteiger partial charge on any atom is 0.304 e. The smallest absolute Gasteiger partial charge is 0.299 e. The van der Waals surface area contributed by atoms with E-state index < -0.39 is 16.4 Å². The van der Waals surface area contributed by atoms with E-state index in [1.807, 2.05) is 0 Å². The lowest BCUT2D eigenvalue weighted by Crippen LogP contribution is -2.32. The normalized spacial score (nSPS) is 17.1. The van der Waals surface area contributed by atoms with Crippen LogP contribution in [-0.2, 0) is 6.54 Å². The van der Waals surface area contributed by atoms with Gasteiger partial charge in [0.2, 0.25) is 5.82 Å². The van der Waals surface area contributed by atoms with E-state index >= 15 is 0 Å². The fourth-order valence-corrected chi connectivity index (χ4v) is 2.28. The third kappa shape index (κ3) is 3.26. The molecule has 100 valence electrons. The van der Waals surface area contributed by atoms with Crippen LogP contribution in [0, 0.1) is 33.2 Å². The van der Waals surface area contributed by atoms with Crippen LogP contribution in [0.15, 0.2) is 18.2 Å². The van der Waals surface area contributed by atoms with E-state index in [2.05, 4.69) is 11.0 Å². The van der Waals surface area contributed by atoms with E-state index in [1.54, 1.807) is 6.07 Å². The SMILES string of the molecule is N#CC1CCN(Cc2ccc([N+](=O)[O-])c(F)c2)CC1. The molecule has 0 atom stereocenters. The summed E-state index contributed by atoms with van der Waals surface area (Å²) in [6, 6.07) is 6.25. The molecule has 5 nitrogen and oxygen atoms in total. The Balaban J connectivity index is 1.99. The van der Waals surface area contributed by atoms with Crippen LogP contribution in [-0.4, -0.2) is 22.9 Å². The average molecular weight is 263 g/mol. The largest absolute Gasteiger partial charge is 0.304 e. The molecule has 0 radical (unpaired) electrons. The molecule has 19 heavy (non-hydrogen) atoms. The number of nitrogens with zero attached hydrogens (tertiary/aromatic N) is 3. The highest BCUT2D eigenvalue weighted by molar-refractivity contribution is 5.34. The molecule has 1 fully saturated rings. The molecule has 1 aliphatic rings. The van der Waals surface area contributed by atoms with Crippen LogP contribution in [0.5, 0.6) is 0 Å². The molecule has 0 N–H and O–H groups in total. The summed E-state index contributed by atoms with van der Waals surface area (Å²) in [6.45, 7) is 2.17. The molecular formula is C13H14FN3O2. The van der Waals surface area contributed by atoms with Gasteiger partial charge in [-0.1, -0.05) is 6.07 Å². The summed E-state index contributed by atoms with van der Waals surface area (Å²) in [4.78, 5) is 11.9. The lowest BCUT2D eigenvalue weighted by Gasteiger charge is -2.28. The molecule has 0 aromatic heterocycles. The van der Waals surface area contributed by atoms with Crippen molar-refractivity contribution in [2.45, 2.75) is 19.4 Å². The number of nitriles is 1. The lowest BCUT2D eigenvalue weighted by atomic mass is 9.98. The van der Waals surface area contributed by atoms with Crippen LogP contribution in [0.4, 0.5) is 10.1 Å². The fraction of sp³-hybridized carbons (Fsp3) is 0.462. The molecule has 0 unspecified atom stereocenters. The first-order chi connectivity index (χ1) is 9.10. The Morgan fingerprint density at radius 3 is 2.68 bits per heavy atom. The van der Waals surface area contributed by atoms with Crippen molar-refractivity contribution >= 4 is 5.69 Å². The van der Waals surface area contributed by atoms with Crippen molar-refractivity contribution in [2.24, 2.45) is 5.92 Å². The second-order valence-electron chi connectivity index (χ2n) is 4.72. The minimum atomic E-state index is -0.797. The highest BCUT2D eigenvalue weighted by Gasteiger charge is 2.20. The van der Waals surface area contributed by atoms with E-state index in [1.165, 1.54) is 12.1 Å². The van der Waals surface area contributed by atoms with E-state index in [-0.39, 0.29) is 5.92 Å². The van der Waals surface area contributed by atoms with Crippen molar-refractivity contribution in [2.75, 3.05) is 13.1 Å². The van der Waals surface area contributed by atoms with Gasteiger partial charge in [-0.2, -0.15) is 9.65 Å². The van der Waals surface area contributed by atoms with Gasteiger partial charge in [-0.25, -0.2) is 0 Å². The number of hydrogen-bond donors (Lipinski definition) is 0. The van der Waals surface area contributed by atoms with Crippen LogP contribution in [0.25, 0.3) is 0 Å². The topological polar surface area (TPSA) is 70.2 Å². The first kappa shape index (κ1) is 13.4. The van der Waals surface area contributed by atoms with Gasteiger partial charge in [0.25, 0.3) is 0 Å². The number of rotatable bonds is 3. The van der Waals surface area contributed by atoms with Gasteiger partial charge in [0, 0.05) is 18.5 Å². The summed E-state index contributed by atoms with van der Waals surface area (Å²) in [5.74, 6) is -0.681. The molecule has 6 heteroatoms. The molecule has 1 aromatic carbocycles. The zero-order valence-corrected chi connectivity index (χ0v) is 10.4. The number of benzene rings is 1. The highest BCUT2D eigenvalue weighted by Crippen LogP contribution is 2.21. The monoisotopic (exact) mass is 263 g/mol. The molecule has 0 saturated carbocycles. The first-order valence-electron chi connectivity index (χ1n) is 6.15. The quantitative estimate of drug-likeness (QED) is 0.620. The van der Waals surface area contributed by atoms with E-state index in [0.717, 1.165) is 31.5 Å². The van der Waals surface area contributed by atoms with Gasteiger partial charge in [-0.05, 0) is 37.6 Å². The van der Waals surface area contributed by atoms with E-state index in [4.69, 9.17) is 5.26 Å². The van der Waals surface area contributed by atoms with Crippen LogP contribution >= 0.6 is 0 Å². The Labute approximate surface area is 110 Å². The second kappa shape index (κ2) is 5.76. The lowest BCUT2D eigenvalue weighted by molar-refractivity contribution is -0.387. The second-order valence-corrected chi connectivity index (χ2v) is 4.72. The number of hydrogen-bond acceptors (Lipinski definition) is 4. The van der Waals surface area contributed by atoms with Gasteiger partial charge in [-0.15, -0.1) is 0 Å². The van der Waals surface area contributed by atoms with Crippen molar-refractivity contribution < 1.29 is 9.31 Å². The summed E-state index contributed by atoms with van der Waals surface area (Å²) in [5, 5.41) is 19.3. The summed E-state index contributed by atoms with van der Waals surface area (Å²) in [7, 11) is 0. The van der Waals surface area contributed by atoms with Gasteiger partial charge in [-0.3, -0.25) is 15.0 Å². The van der Waals surface area contributed by atoms with Gasteiger partial charge >= 0.3 is 5.69 Å². The molecule has 1 saturated heterocycles. The molecule has 0 bridgehead atoms. The molecular weight excluding hydrogens is 249 g/mol. The molecule has 1 heterocycles. The van der Waals surface area contributed by atoms with Gasteiger partial charge in [0.05, 0.1) is 11.0 Å². The Morgan fingerprint density at radius 1 is 1.47 bits per heavy atom. The number of nitro benzene ring substituents is 1. The molecule has 1 aromatic rings. The van der Waals surface area contributed by atoms with E-state index in [9.17, 15) is 14.5 Å². The first-order valence-corrected chi connectivity index (χ1v) is 6.15.